The summed E-state index contributed by atoms with van der Waals surface area (Å²) in [5.74, 6) is 0.264. The first-order valence-electron chi connectivity index (χ1n) is 8.25. The molecule has 1 aromatic carbocycles. The van der Waals surface area contributed by atoms with Gasteiger partial charge in [-0.2, -0.15) is 0 Å². The Morgan fingerprint density at radius 3 is 2.68 bits per heavy atom. The number of anilines is 1. The number of hydrogen-bond acceptors (Lipinski definition) is 7. The summed E-state index contributed by atoms with van der Waals surface area (Å²) in [4.78, 5) is 31.9. The Kier molecular flexibility index (Phi) is 5.60. The van der Waals surface area contributed by atoms with Crippen LogP contribution in [0.2, 0.25) is 5.02 Å². The zero-order valence-corrected chi connectivity index (χ0v) is 15.9. The minimum Gasteiger partial charge on any atom is -0.485 e. The van der Waals surface area contributed by atoms with Crippen LogP contribution in [0.5, 0.6) is 17.4 Å². The third-order valence-electron chi connectivity index (χ3n) is 3.74. The predicted octanol–water partition coefficient (Wildman–Crippen LogP) is 2.99. The number of hydrogen-bond donors (Lipinski definition) is 2. The Bertz CT molecular complexity index is 1070. The van der Waals surface area contributed by atoms with Crippen molar-refractivity contribution < 1.29 is 19.1 Å². The number of ether oxygens (including phenoxy) is 2. The van der Waals surface area contributed by atoms with Crippen molar-refractivity contribution in [2.45, 2.75) is 6.92 Å². The van der Waals surface area contributed by atoms with Crippen LogP contribution in [0.1, 0.15) is 17.3 Å². The van der Waals surface area contributed by atoms with E-state index in [-0.39, 0.29) is 40.5 Å². The third-order valence-corrected chi connectivity index (χ3v) is 4.01. The molecule has 3 N–H and O–H groups in total. The number of rotatable bonds is 6. The number of Topliss-reactive ketones (excluding diaryl/α,β-unsaturated/α-hetero) is 1. The van der Waals surface area contributed by atoms with E-state index in [1.54, 1.807) is 18.2 Å². The van der Waals surface area contributed by atoms with E-state index in [1.807, 2.05) is 0 Å². The molecule has 0 spiro atoms. The van der Waals surface area contributed by atoms with Gasteiger partial charge in [0.15, 0.2) is 5.78 Å². The fraction of sp³-hybridized carbons (Fsp3) is 0.158. The first kappa shape index (κ1) is 19.4. The van der Waals surface area contributed by atoms with Gasteiger partial charge < -0.3 is 20.5 Å². The van der Waals surface area contributed by atoms with Gasteiger partial charge in [-0.05, 0) is 25.1 Å². The average Bonchev–Trinajstić information content (AvgIpc) is 2.67. The molecule has 8 nitrogen and oxygen atoms in total. The van der Waals surface area contributed by atoms with E-state index in [0.29, 0.717) is 22.3 Å². The molecule has 0 aliphatic heterocycles. The van der Waals surface area contributed by atoms with E-state index in [9.17, 15) is 9.59 Å². The molecule has 0 saturated carbocycles. The summed E-state index contributed by atoms with van der Waals surface area (Å²) in [5.41, 5.74) is 6.81. The second-order valence-corrected chi connectivity index (χ2v) is 6.31. The summed E-state index contributed by atoms with van der Waals surface area (Å²) in [7, 11) is 1.50. The van der Waals surface area contributed by atoms with E-state index in [2.05, 4.69) is 15.3 Å². The lowest BCUT2D eigenvalue weighted by Gasteiger charge is -2.13. The number of aromatic nitrogens is 2. The van der Waals surface area contributed by atoms with Crippen molar-refractivity contribution in [3.63, 3.8) is 0 Å². The van der Waals surface area contributed by atoms with Gasteiger partial charge >= 0.3 is 0 Å². The van der Waals surface area contributed by atoms with Gasteiger partial charge in [0.1, 0.15) is 23.1 Å². The van der Waals surface area contributed by atoms with Gasteiger partial charge in [0.05, 0.1) is 23.0 Å². The van der Waals surface area contributed by atoms with Crippen molar-refractivity contribution in [1.29, 1.82) is 0 Å². The molecule has 144 valence electrons. The Morgan fingerprint density at radius 2 is 2.00 bits per heavy atom. The number of pyridine rings is 2. The Balaban J connectivity index is 2.09. The van der Waals surface area contributed by atoms with E-state index in [1.165, 1.54) is 32.4 Å². The van der Waals surface area contributed by atoms with Crippen LogP contribution in [0.15, 0.2) is 36.7 Å². The summed E-state index contributed by atoms with van der Waals surface area (Å²) < 4.78 is 11.3. The number of amides is 1. The van der Waals surface area contributed by atoms with Gasteiger partial charge in [-0.3, -0.25) is 14.6 Å². The van der Waals surface area contributed by atoms with Crippen LogP contribution in [0, 0.1) is 0 Å². The summed E-state index contributed by atoms with van der Waals surface area (Å²) >= 11 is 6.13. The number of carbonyl (C=O) groups excluding carboxylic acids is 2. The highest BCUT2D eigenvalue weighted by molar-refractivity contribution is 6.32. The summed E-state index contributed by atoms with van der Waals surface area (Å²) in [6, 6.07) is 6.31. The molecule has 2 heterocycles. The van der Waals surface area contributed by atoms with Crippen molar-refractivity contribution in [1.82, 2.24) is 15.3 Å². The molecule has 0 bridgehead atoms. The number of nitrogen functional groups attached to an aromatic ring is 1. The second kappa shape index (κ2) is 8.10. The van der Waals surface area contributed by atoms with Crippen LogP contribution < -0.4 is 20.5 Å². The van der Waals surface area contributed by atoms with Crippen LogP contribution >= 0.6 is 11.6 Å². The van der Waals surface area contributed by atoms with Gasteiger partial charge in [0.25, 0.3) is 5.91 Å². The van der Waals surface area contributed by atoms with Gasteiger partial charge in [-0.15, -0.1) is 0 Å². The normalized spacial score (nSPS) is 10.5. The monoisotopic (exact) mass is 400 g/mol. The lowest BCUT2D eigenvalue weighted by molar-refractivity contribution is -0.118. The zero-order valence-electron chi connectivity index (χ0n) is 15.2. The van der Waals surface area contributed by atoms with E-state index < -0.39 is 0 Å². The maximum atomic E-state index is 12.3. The summed E-state index contributed by atoms with van der Waals surface area (Å²) in [6.07, 6.45) is 2.96. The standard InChI is InChI=1S/C19H17ClN4O4/c1-10(25)9-27-17-7-15-12(6-13(17)18(26)22-2)16(3-4-23-15)28-19-14(20)5-11(21)8-24-19/h3-8H,9,21H2,1-2H3,(H,22,26). The molecule has 3 rings (SSSR count). The minimum absolute atomic E-state index is 0.156. The predicted molar refractivity (Wildman–Crippen MR) is 105 cm³/mol. The van der Waals surface area contributed by atoms with E-state index >= 15 is 0 Å². The summed E-state index contributed by atoms with van der Waals surface area (Å²) in [5, 5.41) is 3.34. The van der Waals surface area contributed by atoms with Crippen LogP contribution in [0.25, 0.3) is 10.9 Å². The lowest BCUT2D eigenvalue weighted by Crippen LogP contribution is -2.20. The molecule has 0 saturated heterocycles. The molecule has 2 aromatic heterocycles. The van der Waals surface area contributed by atoms with E-state index in [0.717, 1.165) is 0 Å². The fourth-order valence-corrected chi connectivity index (χ4v) is 2.68. The zero-order chi connectivity index (χ0) is 20.3. The minimum atomic E-state index is -0.376. The second-order valence-electron chi connectivity index (χ2n) is 5.90. The smallest absolute Gasteiger partial charge is 0.254 e. The highest BCUT2D eigenvalue weighted by Gasteiger charge is 2.17. The lowest BCUT2D eigenvalue weighted by atomic mass is 10.1. The number of carbonyl (C=O) groups is 2. The molecule has 0 fully saturated rings. The molecule has 1 amide bonds. The number of nitrogens with zero attached hydrogens (tertiary/aromatic N) is 2. The quantitative estimate of drug-likeness (QED) is 0.653. The largest absolute Gasteiger partial charge is 0.485 e. The van der Waals surface area contributed by atoms with Crippen LogP contribution in [0.3, 0.4) is 0 Å². The molecule has 0 aliphatic carbocycles. The molecule has 9 heteroatoms. The summed E-state index contributed by atoms with van der Waals surface area (Å²) in [6.45, 7) is 1.24. The average molecular weight is 401 g/mol. The number of benzene rings is 1. The van der Waals surface area contributed by atoms with Gasteiger partial charge in [-0.1, -0.05) is 11.6 Å². The highest BCUT2D eigenvalue weighted by Crippen LogP contribution is 2.35. The molecule has 28 heavy (non-hydrogen) atoms. The van der Waals surface area contributed by atoms with Gasteiger partial charge in [0, 0.05) is 24.7 Å². The van der Waals surface area contributed by atoms with Crippen LogP contribution in [-0.4, -0.2) is 35.3 Å². The third kappa shape index (κ3) is 4.12. The first-order chi connectivity index (χ1) is 13.4. The maximum absolute atomic E-state index is 12.3. The van der Waals surface area contributed by atoms with Crippen molar-refractivity contribution in [2.75, 3.05) is 19.4 Å². The highest BCUT2D eigenvalue weighted by atomic mass is 35.5. The van der Waals surface area contributed by atoms with Crippen molar-refractivity contribution in [2.24, 2.45) is 0 Å². The number of nitrogens with one attached hydrogen (secondary N) is 1. The molecule has 0 atom stereocenters. The Labute approximate surface area is 165 Å². The van der Waals surface area contributed by atoms with Crippen molar-refractivity contribution >= 4 is 39.9 Å². The molecule has 0 radical (unpaired) electrons. The number of fused-ring (bicyclic) bond motifs is 1. The first-order valence-corrected chi connectivity index (χ1v) is 8.62. The maximum Gasteiger partial charge on any atom is 0.254 e. The molecule has 3 aromatic rings. The number of halogens is 1. The van der Waals surface area contributed by atoms with Gasteiger partial charge in [-0.25, -0.2) is 4.98 Å². The Morgan fingerprint density at radius 1 is 1.21 bits per heavy atom. The fourth-order valence-electron chi connectivity index (χ4n) is 2.47. The van der Waals surface area contributed by atoms with E-state index in [4.69, 9.17) is 26.8 Å². The molecule has 0 unspecified atom stereocenters. The van der Waals surface area contributed by atoms with Crippen molar-refractivity contribution in [3.05, 3.63) is 47.2 Å². The van der Waals surface area contributed by atoms with Gasteiger partial charge in [0.2, 0.25) is 5.88 Å². The Hall–Kier alpha value is -3.39. The van der Waals surface area contributed by atoms with Crippen LogP contribution in [0.4, 0.5) is 5.69 Å². The molecule has 0 aliphatic rings. The van der Waals surface area contributed by atoms with Crippen LogP contribution in [-0.2, 0) is 4.79 Å². The molecular weight excluding hydrogens is 384 g/mol. The topological polar surface area (TPSA) is 116 Å². The number of nitrogens with two attached hydrogens (primary N) is 1. The number of ketones is 1. The van der Waals surface area contributed by atoms with Crippen molar-refractivity contribution in [3.8, 4) is 17.4 Å². The SMILES string of the molecule is CNC(=O)c1cc2c(Oc3ncc(N)cc3Cl)ccnc2cc1OCC(C)=O. The molecular formula is C19H17ClN4O4.